The summed E-state index contributed by atoms with van der Waals surface area (Å²) in [6.45, 7) is -0.589. The normalized spacial score (nSPS) is 15.4. The summed E-state index contributed by atoms with van der Waals surface area (Å²) in [5, 5.41) is 15.6. The molecule has 3 amide bonds. The molecule has 1 aromatic carbocycles. The smallest absolute Gasteiger partial charge is 0.262 e. The van der Waals surface area contributed by atoms with Crippen LogP contribution in [-0.2, 0) is 10.4 Å². The van der Waals surface area contributed by atoms with E-state index in [2.05, 4.69) is 5.32 Å². The highest BCUT2D eigenvalue weighted by Gasteiger charge is 2.38. The van der Waals surface area contributed by atoms with Gasteiger partial charge < -0.3 is 14.8 Å². The summed E-state index contributed by atoms with van der Waals surface area (Å²) in [6, 6.07) is 13.2. The average Bonchev–Trinajstić information content (AvgIpc) is 3.46. The first kappa shape index (κ1) is 18.1. The number of nitrogens with zero attached hydrogens (tertiary/aromatic N) is 1. The lowest BCUT2D eigenvalue weighted by Crippen LogP contribution is -2.45. The van der Waals surface area contributed by atoms with E-state index >= 15 is 0 Å². The Labute approximate surface area is 164 Å². The van der Waals surface area contributed by atoms with Gasteiger partial charge in [0.25, 0.3) is 11.8 Å². The van der Waals surface area contributed by atoms with Crippen LogP contribution in [0.2, 0.25) is 0 Å². The third-order valence-electron chi connectivity index (χ3n) is 4.58. The zero-order chi connectivity index (χ0) is 19.7. The van der Waals surface area contributed by atoms with E-state index in [1.165, 1.54) is 17.6 Å². The fourth-order valence-electron chi connectivity index (χ4n) is 3.13. The molecule has 0 bridgehead atoms. The zero-order valence-electron chi connectivity index (χ0n) is 14.6. The summed E-state index contributed by atoms with van der Waals surface area (Å²) in [4.78, 5) is 38.7. The molecular weight excluding hydrogens is 380 g/mol. The minimum atomic E-state index is -1.55. The number of imide groups is 1. The van der Waals surface area contributed by atoms with Crippen LogP contribution >= 0.6 is 11.3 Å². The zero-order valence-corrected chi connectivity index (χ0v) is 15.4. The molecule has 1 aliphatic rings. The van der Waals surface area contributed by atoms with Gasteiger partial charge in [-0.2, -0.15) is 0 Å². The Balaban J connectivity index is 1.47. The van der Waals surface area contributed by atoms with Gasteiger partial charge in [-0.15, -0.1) is 11.3 Å². The maximum atomic E-state index is 12.4. The molecule has 2 N–H and O–H groups in total. The molecule has 1 aliphatic heterocycles. The van der Waals surface area contributed by atoms with Gasteiger partial charge >= 0.3 is 0 Å². The van der Waals surface area contributed by atoms with Crippen molar-refractivity contribution in [1.29, 1.82) is 0 Å². The molecule has 0 saturated carbocycles. The lowest BCUT2D eigenvalue weighted by atomic mass is 9.98. The first-order chi connectivity index (χ1) is 13.5. The highest BCUT2D eigenvalue weighted by Crippen LogP contribution is 2.32. The molecule has 0 fully saturated rings. The second kappa shape index (κ2) is 7.06. The minimum Gasteiger partial charge on any atom is -0.466 e. The van der Waals surface area contributed by atoms with Crippen LogP contribution in [0.4, 0.5) is 0 Å². The van der Waals surface area contributed by atoms with Crippen molar-refractivity contribution in [2.24, 2.45) is 0 Å². The first-order valence-corrected chi connectivity index (χ1v) is 9.41. The number of nitrogens with one attached hydrogen (secondary N) is 1. The third kappa shape index (κ3) is 3.02. The second-order valence-electron chi connectivity index (χ2n) is 6.33. The molecule has 0 saturated heterocycles. The molecule has 1 atom stereocenters. The lowest BCUT2D eigenvalue weighted by molar-refractivity contribution is -0.122. The summed E-state index contributed by atoms with van der Waals surface area (Å²) in [7, 11) is 0. The topological polar surface area (TPSA) is 99.9 Å². The minimum absolute atomic E-state index is 0.164. The fraction of sp³-hybridized carbons (Fsp3) is 0.150. The molecule has 2 aromatic heterocycles. The Bertz CT molecular complexity index is 958. The van der Waals surface area contributed by atoms with Gasteiger partial charge in [0.15, 0.2) is 5.60 Å². The van der Waals surface area contributed by atoms with Gasteiger partial charge in [-0.25, -0.2) is 0 Å². The van der Waals surface area contributed by atoms with E-state index in [0.717, 1.165) is 4.90 Å². The van der Waals surface area contributed by atoms with Crippen molar-refractivity contribution < 1.29 is 23.9 Å². The molecule has 7 nitrogen and oxygen atoms in total. The molecule has 0 spiro atoms. The van der Waals surface area contributed by atoms with Crippen molar-refractivity contribution in [2.45, 2.75) is 5.60 Å². The highest BCUT2D eigenvalue weighted by molar-refractivity contribution is 7.10. The van der Waals surface area contributed by atoms with E-state index < -0.39 is 29.9 Å². The largest absolute Gasteiger partial charge is 0.466 e. The highest BCUT2D eigenvalue weighted by atomic mass is 32.1. The Morgan fingerprint density at radius 1 is 1.07 bits per heavy atom. The van der Waals surface area contributed by atoms with Gasteiger partial charge in [0.1, 0.15) is 12.3 Å². The number of rotatable bonds is 6. The molecule has 28 heavy (non-hydrogen) atoms. The first-order valence-electron chi connectivity index (χ1n) is 8.53. The molecule has 0 radical (unpaired) electrons. The van der Waals surface area contributed by atoms with Gasteiger partial charge in [-0.3, -0.25) is 19.3 Å². The van der Waals surface area contributed by atoms with Crippen molar-refractivity contribution in [3.8, 4) is 0 Å². The van der Waals surface area contributed by atoms with E-state index in [1.807, 2.05) is 5.38 Å². The lowest BCUT2D eigenvalue weighted by Gasteiger charge is -2.25. The molecule has 8 heteroatoms. The van der Waals surface area contributed by atoms with Crippen LogP contribution in [0.1, 0.15) is 31.4 Å². The number of fused-ring (bicyclic) bond motifs is 1. The Morgan fingerprint density at radius 3 is 2.36 bits per heavy atom. The van der Waals surface area contributed by atoms with Gasteiger partial charge in [0.05, 0.1) is 23.9 Å². The Morgan fingerprint density at radius 2 is 1.79 bits per heavy atom. The van der Waals surface area contributed by atoms with Crippen LogP contribution in [0.25, 0.3) is 0 Å². The van der Waals surface area contributed by atoms with Crippen molar-refractivity contribution in [1.82, 2.24) is 10.2 Å². The third-order valence-corrected chi connectivity index (χ3v) is 5.60. The Kier molecular flexibility index (Phi) is 4.58. The van der Waals surface area contributed by atoms with Crippen LogP contribution in [0.15, 0.2) is 64.6 Å². The molecule has 3 heterocycles. The van der Waals surface area contributed by atoms with E-state index in [1.54, 1.807) is 48.5 Å². The number of amides is 3. The van der Waals surface area contributed by atoms with Crippen molar-refractivity contribution in [2.75, 3.05) is 13.1 Å². The number of carbonyl (C=O) groups excluding carboxylic acids is 3. The van der Waals surface area contributed by atoms with Gasteiger partial charge in [-0.05, 0) is 35.7 Å². The number of hydrogen-bond acceptors (Lipinski definition) is 6. The van der Waals surface area contributed by atoms with Crippen molar-refractivity contribution in [3.63, 3.8) is 0 Å². The number of thiophene rings is 1. The average molecular weight is 396 g/mol. The molecule has 4 rings (SSSR count). The SMILES string of the molecule is O=C(CN1C(=O)c2ccccc2C1=O)NCC(O)(c1ccco1)c1cccs1. The van der Waals surface area contributed by atoms with E-state index in [4.69, 9.17) is 4.42 Å². The standard InChI is InChI=1S/C20H16N2O5S/c23-17(11-22-18(24)13-5-1-2-6-14(13)19(22)25)21-12-20(26,15-7-3-9-27-15)16-8-4-10-28-16/h1-10,26H,11-12H2,(H,21,23). The number of aliphatic hydroxyl groups is 1. The van der Waals surface area contributed by atoms with E-state index in [9.17, 15) is 19.5 Å². The van der Waals surface area contributed by atoms with E-state index in [0.29, 0.717) is 4.88 Å². The molecule has 3 aromatic rings. The van der Waals surface area contributed by atoms with Crippen LogP contribution in [0.3, 0.4) is 0 Å². The van der Waals surface area contributed by atoms with Gasteiger partial charge in [0.2, 0.25) is 5.91 Å². The summed E-state index contributed by atoms with van der Waals surface area (Å²) in [5.74, 6) is -1.28. The van der Waals surface area contributed by atoms with Crippen LogP contribution < -0.4 is 5.32 Å². The summed E-state index contributed by atoms with van der Waals surface area (Å²) < 4.78 is 5.35. The van der Waals surface area contributed by atoms with Crippen molar-refractivity contribution in [3.05, 3.63) is 81.9 Å². The quantitative estimate of drug-likeness (QED) is 0.621. The number of furan rings is 1. The number of benzene rings is 1. The van der Waals surface area contributed by atoms with Crippen LogP contribution in [0.5, 0.6) is 0 Å². The van der Waals surface area contributed by atoms with Crippen LogP contribution in [-0.4, -0.2) is 40.8 Å². The maximum Gasteiger partial charge on any atom is 0.262 e. The summed E-state index contributed by atoms with van der Waals surface area (Å²) >= 11 is 1.33. The monoisotopic (exact) mass is 396 g/mol. The Hall–Kier alpha value is -3.23. The van der Waals surface area contributed by atoms with Crippen LogP contribution in [0, 0.1) is 0 Å². The van der Waals surface area contributed by atoms with Crippen molar-refractivity contribution >= 4 is 29.1 Å². The molecule has 1 unspecified atom stereocenters. The predicted molar refractivity (Wildman–Crippen MR) is 101 cm³/mol. The predicted octanol–water partition coefficient (Wildman–Crippen LogP) is 1.99. The van der Waals surface area contributed by atoms with E-state index in [-0.39, 0.29) is 23.4 Å². The maximum absolute atomic E-state index is 12.4. The van der Waals surface area contributed by atoms with Gasteiger partial charge in [0, 0.05) is 4.88 Å². The number of carbonyl (C=O) groups is 3. The number of hydrogen-bond donors (Lipinski definition) is 2. The molecular formula is C20H16N2O5S. The summed E-state index contributed by atoms with van der Waals surface area (Å²) in [6.07, 6.45) is 1.44. The molecule has 142 valence electrons. The molecule has 0 aliphatic carbocycles. The second-order valence-corrected chi connectivity index (χ2v) is 7.28. The van der Waals surface area contributed by atoms with Gasteiger partial charge in [-0.1, -0.05) is 18.2 Å². The fourth-order valence-corrected chi connectivity index (χ4v) is 3.96. The summed E-state index contributed by atoms with van der Waals surface area (Å²) in [5.41, 5.74) is -0.980.